The van der Waals surface area contributed by atoms with Gasteiger partial charge in [-0.05, 0) is 18.1 Å². The van der Waals surface area contributed by atoms with Gasteiger partial charge in [-0.1, -0.05) is 19.9 Å². The molecule has 0 unspecified atom stereocenters. The Balaban J connectivity index is 2.78. The maximum Gasteiger partial charge on any atom is 0.130 e. The molecule has 98 valence electrons. The number of nitrogens with zero attached hydrogens (tertiary/aromatic N) is 2. The molecule has 0 radical (unpaired) electrons. The molecule has 1 aromatic carbocycles. The van der Waals surface area contributed by atoms with E-state index in [1.807, 2.05) is 18.7 Å². The van der Waals surface area contributed by atoms with E-state index in [2.05, 4.69) is 6.07 Å². The molecule has 0 amide bonds. The molecule has 0 aliphatic carbocycles. The van der Waals surface area contributed by atoms with Crippen LogP contribution in [0.1, 0.15) is 25.8 Å². The fourth-order valence-electron chi connectivity index (χ4n) is 1.87. The maximum absolute atomic E-state index is 13.5. The predicted octanol–water partition coefficient (Wildman–Crippen LogP) is 3.34. The summed E-state index contributed by atoms with van der Waals surface area (Å²) >= 11 is 0. The van der Waals surface area contributed by atoms with Crippen LogP contribution in [0.3, 0.4) is 0 Å². The lowest BCUT2D eigenvalue weighted by Crippen LogP contribution is -2.29. The van der Waals surface area contributed by atoms with E-state index in [1.54, 1.807) is 0 Å². The first kappa shape index (κ1) is 14.6. The van der Waals surface area contributed by atoms with Crippen LogP contribution in [-0.4, -0.2) is 18.0 Å². The van der Waals surface area contributed by atoms with Crippen molar-refractivity contribution < 1.29 is 8.78 Å². The third kappa shape index (κ3) is 4.42. The van der Waals surface area contributed by atoms with Crippen molar-refractivity contribution in [2.45, 2.75) is 26.8 Å². The Morgan fingerprint density at radius 2 is 1.89 bits per heavy atom. The molecular weight excluding hydrogens is 234 g/mol. The molecule has 0 heterocycles. The van der Waals surface area contributed by atoms with Gasteiger partial charge in [0.1, 0.15) is 11.6 Å². The average molecular weight is 252 g/mol. The molecule has 0 aromatic heterocycles. The van der Waals surface area contributed by atoms with Crippen LogP contribution >= 0.6 is 0 Å². The van der Waals surface area contributed by atoms with Gasteiger partial charge in [0.25, 0.3) is 0 Å². The summed E-state index contributed by atoms with van der Waals surface area (Å²) in [6.45, 7) is 5.53. The molecule has 0 N–H and O–H groups in total. The van der Waals surface area contributed by atoms with Crippen LogP contribution in [-0.2, 0) is 6.54 Å². The standard InChI is InChI=1S/C14H18F2N2/c1-11(2)9-18(8-4-7-17)10-12-13(15)5-3-6-14(12)16/h3,5-6,11H,4,8-10H2,1-2H3. The van der Waals surface area contributed by atoms with Crippen LogP contribution in [0.2, 0.25) is 0 Å². The molecule has 1 rings (SSSR count). The Morgan fingerprint density at radius 3 is 2.39 bits per heavy atom. The van der Waals surface area contributed by atoms with E-state index < -0.39 is 11.6 Å². The SMILES string of the molecule is CC(C)CN(CCC#N)Cc1c(F)cccc1F. The van der Waals surface area contributed by atoms with E-state index in [0.29, 0.717) is 18.9 Å². The molecule has 0 aliphatic heterocycles. The van der Waals surface area contributed by atoms with Gasteiger partial charge in [0.2, 0.25) is 0 Å². The molecule has 4 heteroatoms. The third-order valence-corrected chi connectivity index (χ3v) is 2.61. The fourth-order valence-corrected chi connectivity index (χ4v) is 1.87. The quantitative estimate of drug-likeness (QED) is 0.776. The zero-order valence-electron chi connectivity index (χ0n) is 10.8. The van der Waals surface area contributed by atoms with E-state index in [0.717, 1.165) is 6.54 Å². The zero-order valence-corrected chi connectivity index (χ0v) is 10.8. The van der Waals surface area contributed by atoms with Gasteiger partial charge in [-0.25, -0.2) is 8.78 Å². The molecular formula is C14H18F2N2. The first-order chi connectivity index (χ1) is 8.54. The van der Waals surface area contributed by atoms with E-state index in [-0.39, 0.29) is 12.1 Å². The van der Waals surface area contributed by atoms with Gasteiger partial charge < -0.3 is 0 Å². The summed E-state index contributed by atoms with van der Waals surface area (Å²) in [5.41, 5.74) is 0.0797. The summed E-state index contributed by atoms with van der Waals surface area (Å²) in [4.78, 5) is 1.91. The Kier molecular flexibility index (Phi) is 5.73. The van der Waals surface area contributed by atoms with Crippen LogP contribution in [0.15, 0.2) is 18.2 Å². The van der Waals surface area contributed by atoms with Crippen LogP contribution < -0.4 is 0 Å². The Bertz CT molecular complexity index is 404. The highest BCUT2D eigenvalue weighted by Gasteiger charge is 2.14. The summed E-state index contributed by atoms with van der Waals surface area (Å²) in [6, 6.07) is 5.93. The zero-order chi connectivity index (χ0) is 13.5. The number of rotatable bonds is 6. The number of halogens is 2. The molecule has 1 aromatic rings. The third-order valence-electron chi connectivity index (χ3n) is 2.61. The van der Waals surface area contributed by atoms with E-state index in [9.17, 15) is 8.78 Å². The first-order valence-electron chi connectivity index (χ1n) is 6.06. The Labute approximate surface area is 107 Å². The van der Waals surface area contributed by atoms with Crippen molar-refractivity contribution in [3.8, 4) is 6.07 Å². The highest BCUT2D eigenvalue weighted by Crippen LogP contribution is 2.15. The van der Waals surface area contributed by atoms with Gasteiger partial charge in [0.15, 0.2) is 0 Å². The monoisotopic (exact) mass is 252 g/mol. The summed E-state index contributed by atoms with van der Waals surface area (Å²) < 4.78 is 27.1. The van der Waals surface area contributed by atoms with Crippen molar-refractivity contribution in [2.24, 2.45) is 5.92 Å². The van der Waals surface area contributed by atoms with Crippen LogP contribution in [0, 0.1) is 28.9 Å². The molecule has 0 atom stereocenters. The van der Waals surface area contributed by atoms with Crippen LogP contribution in [0.4, 0.5) is 8.78 Å². The summed E-state index contributed by atoms with van der Waals surface area (Å²) in [5.74, 6) is -0.667. The first-order valence-corrected chi connectivity index (χ1v) is 6.06. The predicted molar refractivity (Wildman–Crippen MR) is 66.7 cm³/mol. The molecule has 0 fully saturated rings. The molecule has 0 spiro atoms. The molecule has 0 bridgehead atoms. The number of nitriles is 1. The second kappa shape index (κ2) is 7.07. The molecule has 0 aliphatic rings. The van der Waals surface area contributed by atoms with Gasteiger partial charge in [0, 0.05) is 31.6 Å². The molecule has 2 nitrogen and oxygen atoms in total. The van der Waals surface area contributed by atoms with Crippen molar-refractivity contribution in [3.05, 3.63) is 35.4 Å². The molecule has 0 saturated carbocycles. The van der Waals surface area contributed by atoms with Gasteiger partial charge in [0.05, 0.1) is 6.07 Å². The van der Waals surface area contributed by atoms with Crippen LogP contribution in [0.5, 0.6) is 0 Å². The number of hydrogen-bond donors (Lipinski definition) is 0. The number of benzene rings is 1. The van der Waals surface area contributed by atoms with Gasteiger partial charge in [-0.2, -0.15) is 5.26 Å². The Morgan fingerprint density at radius 1 is 1.28 bits per heavy atom. The molecule has 18 heavy (non-hydrogen) atoms. The van der Waals surface area contributed by atoms with Crippen molar-refractivity contribution in [1.29, 1.82) is 5.26 Å². The van der Waals surface area contributed by atoms with E-state index in [1.165, 1.54) is 18.2 Å². The van der Waals surface area contributed by atoms with Crippen LogP contribution in [0.25, 0.3) is 0 Å². The largest absolute Gasteiger partial charge is 0.298 e. The average Bonchev–Trinajstić information content (AvgIpc) is 2.30. The van der Waals surface area contributed by atoms with E-state index >= 15 is 0 Å². The minimum Gasteiger partial charge on any atom is -0.298 e. The highest BCUT2D eigenvalue weighted by atomic mass is 19.1. The van der Waals surface area contributed by atoms with Crippen molar-refractivity contribution in [2.75, 3.05) is 13.1 Å². The maximum atomic E-state index is 13.5. The minimum atomic E-state index is -0.527. The fraction of sp³-hybridized carbons (Fsp3) is 0.500. The van der Waals surface area contributed by atoms with Crippen molar-refractivity contribution in [3.63, 3.8) is 0 Å². The lowest BCUT2D eigenvalue weighted by Gasteiger charge is -2.23. The summed E-state index contributed by atoms with van der Waals surface area (Å²) in [5, 5.41) is 8.60. The lowest BCUT2D eigenvalue weighted by atomic mass is 10.1. The topological polar surface area (TPSA) is 27.0 Å². The second-order valence-corrected chi connectivity index (χ2v) is 4.74. The van der Waals surface area contributed by atoms with Gasteiger partial charge in [-0.15, -0.1) is 0 Å². The van der Waals surface area contributed by atoms with Gasteiger partial charge >= 0.3 is 0 Å². The van der Waals surface area contributed by atoms with Gasteiger partial charge in [-0.3, -0.25) is 4.90 Å². The summed E-state index contributed by atoms with van der Waals surface area (Å²) in [7, 11) is 0. The van der Waals surface area contributed by atoms with E-state index in [4.69, 9.17) is 5.26 Å². The number of hydrogen-bond acceptors (Lipinski definition) is 2. The minimum absolute atomic E-state index is 0.0797. The molecule has 0 saturated heterocycles. The lowest BCUT2D eigenvalue weighted by molar-refractivity contribution is 0.235. The smallest absolute Gasteiger partial charge is 0.130 e. The summed E-state index contributed by atoms with van der Waals surface area (Å²) in [6.07, 6.45) is 0.364. The Hall–Kier alpha value is -1.47. The van der Waals surface area contributed by atoms with Crippen molar-refractivity contribution >= 4 is 0 Å². The highest BCUT2D eigenvalue weighted by molar-refractivity contribution is 5.19. The normalized spacial score (nSPS) is 10.9. The van der Waals surface area contributed by atoms with Crippen molar-refractivity contribution in [1.82, 2.24) is 4.90 Å². The second-order valence-electron chi connectivity index (χ2n) is 4.74.